The van der Waals surface area contributed by atoms with E-state index in [4.69, 9.17) is 21.5 Å². The predicted molar refractivity (Wildman–Crippen MR) is 106 cm³/mol. The van der Waals surface area contributed by atoms with Crippen LogP contribution in [0.25, 0.3) is 0 Å². The summed E-state index contributed by atoms with van der Waals surface area (Å²) in [5.41, 5.74) is 13.7. The summed E-state index contributed by atoms with van der Waals surface area (Å²) in [5.74, 6) is 1.26. The second-order valence-corrected chi connectivity index (χ2v) is 6.31. The van der Waals surface area contributed by atoms with Crippen molar-refractivity contribution in [2.45, 2.75) is 32.4 Å². The molecule has 0 radical (unpaired) electrons. The van der Waals surface area contributed by atoms with Crippen molar-refractivity contribution in [3.05, 3.63) is 41.0 Å². The van der Waals surface area contributed by atoms with Crippen LogP contribution in [-0.2, 0) is 0 Å². The molecular formula is C19H20N8O. The van der Waals surface area contributed by atoms with Gasteiger partial charge in [0.15, 0.2) is 6.19 Å². The number of benzene rings is 1. The lowest BCUT2D eigenvalue weighted by Gasteiger charge is -2.26. The Labute approximate surface area is 162 Å². The fourth-order valence-corrected chi connectivity index (χ4v) is 2.90. The van der Waals surface area contributed by atoms with Gasteiger partial charge in [0.05, 0.1) is 11.8 Å². The van der Waals surface area contributed by atoms with Gasteiger partial charge in [-0.2, -0.15) is 10.5 Å². The van der Waals surface area contributed by atoms with Crippen LogP contribution in [0.15, 0.2) is 29.3 Å². The van der Waals surface area contributed by atoms with E-state index in [0.717, 1.165) is 12.0 Å². The molecule has 0 saturated heterocycles. The Bertz CT molecular complexity index is 1020. The summed E-state index contributed by atoms with van der Waals surface area (Å²) >= 11 is 0. The summed E-state index contributed by atoms with van der Waals surface area (Å²) < 4.78 is 5.90. The molecule has 9 nitrogen and oxygen atoms in total. The van der Waals surface area contributed by atoms with Gasteiger partial charge in [-0.05, 0) is 31.0 Å². The summed E-state index contributed by atoms with van der Waals surface area (Å²) in [6.45, 7) is 4.03. The monoisotopic (exact) mass is 376 g/mol. The minimum absolute atomic E-state index is 0.0112. The molecule has 0 saturated carbocycles. The third-order valence-electron chi connectivity index (χ3n) is 4.44. The van der Waals surface area contributed by atoms with Gasteiger partial charge in [0.2, 0.25) is 5.96 Å². The van der Waals surface area contributed by atoms with Gasteiger partial charge >= 0.3 is 0 Å². The predicted octanol–water partition coefficient (Wildman–Crippen LogP) is 2.24. The number of nitrogen functional groups attached to an aromatic ring is 2. The van der Waals surface area contributed by atoms with E-state index in [2.05, 4.69) is 20.6 Å². The van der Waals surface area contributed by atoms with Gasteiger partial charge in [-0.3, -0.25) is 5.32 Å². The fraction of sp³-hybridized carbons (Fsp3) is 0.263. The highest BCUT2D eigenvalue weighted by molar-refractivity contribution is 5.98. The highest BCUT2D eigenvalue weighted by Crippen LogP contribution is 2.41. The highest BCUT2D eigenvalue weighted by atomic mass is 16.5. The zero-order valence-corrected chi connectivity index (χ0v) is 15.5. The number of fused-ring (bicyclic) bond motifs is 1. The lowest BCUT2D eigenvalue weighted by molar-refractivity contribution is 0.217. The SMILES string of the molecule is CCC(C)Oc1cccc(C2N=C(NC#N)Nc3nc(N)c(C#N)c(N)c32)c1. The van der Waals surface area contributed by atoms with Crippen LogP contribution in [0.4, 0.5) is 17.3 Å². The number of pyridine rings is 1. The summed E-state index contributed by atoms with van der Waals surface area (Å²) in [5, 5.41) is 23.7. The zero-order chi connectivity index (χ0) is 20.3. The maximum absolute atomic E-state index is 9.38. The largest absolute Gasteiger partial charge is 0.491 e. The van der Waals surface area contributed by atoms with Crippen LogP contribution in [0.2, 0.25) is 0 Å². The Morgan fingerprint density at radius 1 is 1.36 bits per heavy atom. The van der Waals surface area contributed by atoms with Crippen molar-refractivity contribution < 1.29 is 4.74 Å². The van der Waals surface area contributed by atoms with Crippen molar-refractivity contribution in [1.29, 1.82) is 10.5 Å². The second kappa shape index (κ2) is 7.72. The van der Waals surface area contributed by atoms with E-state index in [0.29, 0.717) is 17.1 Å². The quantitative estimate of drug-likeness (QED) is 0.467. The third-order valence-corrected chi connectivity index (χ3v) is 4.44. The zero-order valence-electron chi connectivity index (χ0n) is 15.5. The van der Waals surface area contributed by atoms with Crippen LogP contribution in [0, 0.1) is 22.8 Å². The van der Waals surface area contributed by atoms with Gasteiger partial charge in [-0.15, -0.1) is 0 Å². The van der Waals surface area contributed by atoms with Crippen LogP contribution >= 0.6 is 0 Å². The normalized spacial score (nSPS) is 15.9. The van der Waals surface area contributed by atoms with Gasteiger partial charge in [0.1, 0.15) is 35.1 Å². The third kappa shape index (κ3) is 3.46. The van der Waals surface area contributed by atoms with Gasteiger partial charge in [0, 0.05) is 5.56 Å². The van der Waals surface area contributed by atoms with Gasteiger partial charge in [-0.1, -0.05) is 19.1 Å². The first kappa shape index (κ1) is 18.8. The van der Waals surface area contributed by atoms with Crippen molar-refractivity contribution in [3.8, 4) is 18.0 Å². The van der Waals surface area contributed by atoms with E-state index >= 15 is 0 Å². The molecule has 0 bridgehead atoms. The van der Waals surface area contributed by atoms with Crippen LogP contribution in [0.3, 0.4) is 0 Å². The van der Waals surface area contributed by atoms with Crippen LogP contribution in [-0.4, -0.2) is 17.0 Å². The molecule has 9 heteroatoms. The molecule has 6 N–H and O–H groups in total. The van der Waals surface area contributed by atoms with Crippen molar-refractivity contribution in [1.82, 2.24) is 10.3 Å². The summed E-state index contributed by atoms with van der Waals surface area (Å²) in [4.78, 5) is 8.78. The number of aliphatic imine (C=N–C) groups is 1. The minimum atomic E-state index is -0.590. The van der Waals surface area contributed by atoms with Gasteiger partial charge in [-0.25, -0.2) is 9.98 Å². The van der Waals surface area contributed by atoms with E-state index in [-0.39, 0.29) is 29.1 Å². The molecule has 1 aromatic carbocycles. The first-order valence-electron chi connectivity index (χ1n) is 8.73. The van der Waals surface area contributed by atoms with Gasteiger partial charge < -0.3 is 21.5 Å². The first-order chi connectivity index (χ1) is 13.5. The highest BCUT2D eigenvalue weighted by Gasteiger charge is 2.29. The standard InChI is InChI=1S/C19H20N8O/c1-3-10(2)28-12-6-4-5-11(7-12)16-14-15(22)13(8-20)17(23)26-18(14)27-19(25-16)24-9-21/h4-7,10,16H,3H2,1-2H3,(H6,22,23,24,25,26,27). The smallest absolute Gasteiger partial charge is 0.211 e. The van der Waals surface area contributed by atoms with E-state index in [1.54, 1.807) is 0 Å². The maximum Gasteiger partial charge on any atom is 0.211 e. The van der Waals surface area contributed by atoms with Crippen molar-refractivity contribution in [3.63, 3.8) is 0 Å². The lowest BCUT2D eigenvalue weighted by Crippen LogP contribution is -2.32. The topological polar surface area (TPSA) is 158 Å². The van der Waals surface area contributed by atoms with Crippen LogP contribution in [0.1, 0.15) is 43.0 Å². The number of nitrogens with one attached hydrogen (secondary N) is 2. The number of hydrogen-bond acceptors (Lipinski definition) is 9. The molecule has 0 aliphatic carbocycles. The van der Waals surface area contributed by atoms with Crippen molar-refractivity contribution >= 4 is 23.3 Å². The van der Waals surface area contributed by atoms with E-state index in [1.807, 2.05) is 50.4 Å². The molecule has 0 amide bonds. The molecule has 2 atom stereocenters. The van der Waals surface area contributed by atoms with Crippen molar-refractivity contribution in [2.75, 3.05) is 16.8 Å². The molecule has 0 fully saturated rings. The average molecular weight is 376 g/mol. The Morgan fingerprint density at radius 3 is 2.82 bits per heavy atom. The van der Waals surface area contributed by atoms with E-state index in [9.17, 15) is 5.26 Å². The summed E-state index contributed by atoms with van der Waals surface area (Å²) in [6, 6.07) is 8.85. The molecule has 0 spiro atoms. The second-order valence-electron chi connectivity index (χ2n) is 6.31. The van der Waals surface area contributed by atoms with Crippen molar-refractivity contribution in [2.24, 2.45) is 4.99 Å². The molecule has 1 aliphatic rings. The maximum atomic E-state index is 9.38. The molecule has 1 aliphatic heterocycles. The van der Waals surface area contributed by atoms with Crippen LogP contribution < -0.4 is 26.8 Å². The fourth-order valence-electron chi connectivity index (χ4n) is 2.90. The summed E-state index contributed by atoms with van der Waals surface area (Å²) in [7, 11) is 0. The average Bonchev–Trinajstić information content (AvgIpc) is 2.68. The molecular weight excluding hydrogens is 356 g/mol. The minimum Gasteiger partial charge on any atom is -0.491 e. The molecule has 142 valence electrons. The number of aromatic nitrogens is 1. The number of rotatable bonds is 4. The molecule has 1 aromatic heterocycles. The molecule has 3 rings (SSSR count). The van der Waals surface area contributed by atoms with Crippen LogP contribution in [0.5, 0.6) is 5.75 Å². The Hall–Kier alpha value is -3.98. The number of nitrogens with two attached hydrogens (primary N) is 2. The number of guanidine groups is 1. The van der Waals surface area contributed by atoms with E-state index < -0.39 is 6.04 Å². The Kier molecular flexibility index (Phi) is 5.18. The number of nitriles is 2. The number of ether oxygens (including phenoxy) is 1. The number of nitrogens with zero attached hydrogens (tertiary/aromatic N) is 4. The van der Waals surface area contributed by atoms with Gasteiger partial charge in [0.25, 0.3) is 0 Å². The first-order valence-corrected chi connectivity index (χ1v) is 8.73. The summed E-state index contributed by atoms with van der Waals surface area (Å²) in [6.07, 6.45) is 2.76. The molecule has 28 heavy (non-hydrogen) atoms. The molecule has 2 unspecified atom stereocenters. The molecule has 2 aromatic rings. The lowest BCUT2D eigenvalue weighted by atomic mass is 9.95. The number of anilines is 3. The van der Waals surface area contributed by atoms with E-state index in [1.165, 1.54) is 0 Å². The molecule has 2 heterocycles. The Balaban J connectivity index is 2.14. The Morgan fingerprint density at radius 2 is 2.14 bits per heavy atom. The number of hydrogen-bond donors (Lipinski definition) is 4.